The Balaban J connectivity index is 1.83. The average Bonchev–Trinajstić information content (AvgIpc) is 2.79. The summed E-state index contributed by atoms with van der Waals surface area (Å²) in [6, 6.07) is 2.06. The molecule has 100 valence electrons. The second kappa shape index (κ2) is 6.87. The number of carbonyl (C=O) groups is 1. The molecule has 1 amide bonds. The Morgan fingerprint density at radius 2 is 2.50 bits per heavy atom. The Kier molecular flexibility index (Phi) is 5.16. The van der Waals surface area contributed by atoms with E-state index in [-0.39, 0.29) is 18.4 Å². The van der Waals surface area contributed by atoms with Crippen LogP contribution in [-0.4, -0.2) is 48.8 Å². The molecule has 2 heterocycles. The first-order valence-electron chi connectivity index (χ1n) is 6.27. The lowest BCUT2D eigenvalue weighted by Gasteiger charge is -2.22. The van der Waals surface area contributed by atoms with Crippen molar-refractivity contribution in [2.24, 2.45) is 5.92 Å². The molecular formula is C13H19NO3S. The van der Waals surface area contributed by atoms with Crippen LogP contribution < -0.4 is 0 Å². The highest BCUT2D eigenvalue weighted by Crippen LogP contribution is 2.12. The third-order valence-electron chi connectivity index (χ3n) is 3.16. The Hall–Kier alpha value is -0.910. The van der Waals surface area contributed by atoms with E-state index in [0.29, 0.717) is 32.7 Å². The fourth-order valence-electron chi connectivity index (χ4n) is 2.06. The molecule has 18 heavy (non-hydrogen) atoms. The van der Waals surface area contributed by atoms with E-state index >= 15 is 0 Å². The first-order chi connectivity index (χ1) is 8.79. The molecule has 2 rings (SSSR count). The summed E-state index contributed by atoms with van der Waals surface area (Å²) in [5.74, 6) is 0.211. The van der Waals surface area contributed by atoms with Gasteiger partial charge in [-0.25, -0.2) is 0 Å². The van der Waals surface area contributed by atoms with E-state index in [1.807, 2.05) is 10.3 Å². The van der Waals surface area contributed by atoms with Crippen molar-refractivity contribution in [3.05, 3.63) is 22.4 Å². The molecule has 5 heteroatoms. The third kappa shape index (κ3) is 3.80. The SMILES string of the molecule is O=C(CCc1ccsc1)N1CCOC[C@@H](CO)C1. The van der Waals surface area contributed by atoms with Crippen LogP contribution in [0.25, 0.3) is 0 Å². The van der Waals surface area contributed by atoms with Crippen molar-refractivity contribution in [3.63, 3.8) is 0 Å². The van der Waals surface area contributed by atoms with Gasteiger partial charge in [-0.05, 0) is 28.8 Å². The van der Waals surface area contributed by atoms with Crippen LogP contribution in [0.4, 0.5) is 0 Å². The van der Waals surface area contributed by atoms with Crippen molar-refractivity contribution in [2.75, 3.05) is 32.9 Å². The molecule has 1 aliphatic rings. The largest absolute Gasteiger partial charge is 0.396 e. The van der Waals surface area contributed by atoms with Crippen molar-refractivity contribution >= 4 is 17.2 Å². The van der Waals surface area contributed by atoms with Crippen LogP contribution in [0, 0.1) is 5.92 Å². The van der Waals surface area contributed by atoms with E-state index in [4.69, 9.17) is 4.74 Å². The highest BCUT2D eigenvalue weighted by Gasteiger charge is 2.21. The predicted octanol–water partition coefficient (Wildman–Crippen LogP) is 1.15. The van der Waals surface area contributed by atoms with Crippen LogP contribution in [-0.2, 0) is 16.0 Å². The second-order valence-corrected chi connectivity index (χ2v) is 5.37. The van der Waals surface area contributed by atoms with Crippen LogP contribution in [0.15, 0.2) is 16.8 Å². The fourth-order valence-corrected chi connectivity index (χ4v) is 2.76. The van der Waals surface area contributed by atoms with Gasteiger partial charge in [0.05, 0.1) is 13.2 Å². The molecule has 1 aliphatic heterocycles. The Labute approximate surface area is 111 Å². The molecule has 0 aromatic carbocycles. The van der Waals surface area contributed by atoms with E-state index in [2.05, 4.69) is 11.4 Å². The van der Waals surface area contributed by atoms with Gasteiger partial charge in [0.2, 0.25) is 5.91 Å². The van der Waals surface area contributed by atoms with E-state index in [1.54, 1.807) is 11.3 Å². The van der Waals surface area contributed by atoms with Crippen LogP contribution >= 0.6 is 11.3 Å². The quantitative estimate of drug-likeness (QED) is 0.892. The summed E-state index contributed by atoms with van der Waals surface area (Å²) in [5, 5.41) is 13.3. The van der Waals surface area contributed by atoms with E-state index in [0.717, 1.165) is 6.42 Å². The van der Waals surface area contributed by atoms with Crippen LogP contribution in [0.3, 0.4) is 0 Å². The number of hydrogen-bond donors (Lipinski definition) is 1. The molecule has 0 saturated carbocycles. The number of hydrogen-bond acceptors (Lipinski definition) is 4. The van der Waals surface area contributed by atoms with E-state index < -0.39 is 0 Å². The summed E-state index contributed by atoms with van der Waals surface area (Å²) in [7, 11) is 0. The standard InChI is InChI=1S/C13H19NO3S/c15-8-12-7-14(4-5-17-9-12)13(16)2-1-11-3-6-18-10-11/h3,6,10,12,15H,1-2,4-5,7-9H2/t12-/m1/s1. The average molecular weight is 269 g/mol. The number of aryl methyl sites for hydroxylation is 1. The Bertz CT molecular complexity index is 366. The number of nitrogens with zero attached hydrogens (tertiary/aromatic N) is 1. The molecular weight excluding hydrogens is 250 g/mol. The number of ether oxygens (including phenoxy) is 1. The summed E-state index contributed by atoms with van der Waals surface area (Å²) in [6.45, 7) is 2.44. The third-order valence-corrected chi connectivity index (χ3v) is 3.89. The van der Waals surface area contributed by atoms with Gasteiger partial charge in [-0.15, -0.1) is 0 Å². The van der Waals surface area contributed by atoms with Gasteiger partial charge in [0.1, 0.15) is 0 Å². The molecule has 0 unspecified atom stereocenters. The zero-order valence-electron chi connectivity index (χ0n) is 10.4. The Morgan fingerprint density at radius 1 is 1.61 bits per heavy atom. The highest BCUT2D eigenvalue weighted by molar-refractivity contribution is 7.07. The van der Waals surface area contributed by atoms with Crippen molar-refractivity contribution < 1.29 is 14.6 Å². The van der Waals surface area contributed by atoms with Crippen LogP contribution in [0.5, 0.6) is 0 Å². The lowest BCUT2D eigenvalue weighted by atomic mass is 10.1. The summed E-state index contributed by atoms with van der Waals surface area (Å²) in [5.41, 5.74) is 1.22. The number of carbonyl (C=O) groups excluding carboxylic acids is 1. The Morgan fingerprint density at radius 3 is 3.22 bits per heavy atom. The highest BCUT2D eigenvalue weighted by atomic mass is 32.1. The van der Waals surface area contributed by atoms with Gasteiger partial charge in [0.25, 0.3) is 0 Å². The lowest BCUT2D eigenvalue weighted by molar-refractivity contribution is -0.131. The van der Waals surface area contributed by atoms with Crippen LogP contribution in [0.2, 0.25) is 0 Å². The van der Waals surface area contributed by atoms with Gasteiger partial charge >= 0.3 is 0 Å². The van der Waals surface area contributed by atoms with Gasteiger partial charge in [-0.3, -0.25) is 4.79 Å². The minimum Gasteiger partial charge on any atom is -0.396 e. The topological polar surface area (TPSA) is 49.8 Å². The second-order valence-electron chi connectivity index (χ2n) is 4.59. The molecule has 1 atom stereocenters. The zero-order valence-corrected chi connectivity index (χ0v) is 11.2. The van der Waals surface area contributed by atoms with Crippen molar-refractivity contribution in [1.29, 1.82) is 0 Å². The first kappa shape index (κ1) is 13.5. The molecule has 1 N–H and O–H groups in total. The molecule has 0 aliphatic carbocycles. The number of aliphatic hydroxyl groups excluding tert-OH is 1. The van der Waals surface area contributed by atoms with Gasteiger partial charge in [-0.1, -0.05) is 0 Å². The van der Waals surface area contributed by atoms with E-state index in [1.165, 1.54) is 5.56 Å². The summed E-state index contributed by atoms with van der Waals surface area (Å²) in [6.07, 6.45) is 1.33. The van der Waals surface area contributed by atoms with Gasteiger partial charge in [0, 0.05) is 32.0 Å². The molecule has 4 nitrogen and oxygen atoms in total. The number of thiophene rings is 1. The minimum absolute atomic E-state index is 0.0533. The fraction of sp³-hybridized carbons (Fsp3) is 0.615. The van der Waals surface area contributed by atoms with E-state index in [9.17, 15) is 9.90 Å². The maximum atomic E-state index is 12.1. The summed E-state index contributed by atoms with van der Waals surface area (Å²) < 4.78 is 5.38. The monoisotopic (exact) mass is 269 g/mol. The van der Waals surface area contributed by atoms with Gasteiger partial charge in [-0.2, -0.15) is 11.3 Å². The predicted molar refractivity (Wildman–Crippen MR) is 70.6 cm³/mol. The summed E-state index contributed by atoms with van der Waals surface area (Å²) in [4.78, 5) is 13.9. The maximum Gasteiger partial charge on any atom is 0.222 e. The molecule has 1 fully saturated rings. The van der Waals surface area contributed by atoms with Crippen LogP contribution in [0.1, 0.15) is 12.0 Å². The zero-order chi connectivity index (χ0) is 12.8. The smallest absolute Gasteiger partial charge is 0.222 e. The number of amides is 1. The molecule has 0 bridgehead atoms. The van der Waals surface area contributed by atoms with Gasteiger partial charge in [0.15, 0.2) is 0 Å². The van der Waals surface area contributed by atoms with Crippen molar-refractivity contribution in [2.45, 2.75) is 12.8 Å². The summed E-state index contributed by atoms with van der Waals surface area (Å²) >= 11 is 1.66. The minimum atomic E-state index is 0.0533. The normalized spacial score (nSPS) is 20.7. The molecule has 1 aromatic heterocycles. The van der Waals surface area contributed by atoms with Crippen molar-refractivity contribution in [1.82, 2.24) is 4.90 Å². The molecule has 0 spiro atoms. The number of aliphatic hydroxyl groups is 1. The lowest BCUT2D eigenvalue weighted by Crippen LogP contribution is -2.36. The maximum absolute atomic E-state index is 12.1. The molecule has 1 aromatic rings. The van der Waals surface area contributed by atoms with Gasteiger partial charge < -0.3 is 14.7 Å². The first-order valence-corrected chi connectivity index (χ1v) is 7.21. The molecule has 0 radical (unpaired) electrons. The number of rotatable bonds is 4. The van der Waals surface area contributed by atoms with Crippen molar-refractivity contribution in [3.8, 4) is 0 Å². The molecule has 1 saturated heterocycles.